The Labute approximate surface area is 152 Å². The molecule has 0 atom stereocenters. The van der Waals surface area contributed by atoms with E-state index >= 15 is 0 Å². The van der Waals surface area contributed by atoms with Gasteiger partial charge in [-0.25, -0.2) is 0 Å². The molecule has 2 N–H and O–H groups in total. The van der Waals surface area contributed by atoms with Crippen LogP contribution in [0.2, 0.25) is 0 Å². The van der Waals surface area contributed by atoms with Gasteiger partial charge in [-0.05, 0) is 24.5 Å². The van der Waals surface area contributed by atoms with Crippen molar-refractivity contribution in [3.05, 3.63) is 35.4 Å². The van der Waals surface area contributed by atoms with Gasteiger partial charge in [0, 0.05) is 25.6 Å². The predicted octanol–water partition coefficient (Wildman–Crippen LogP) is 3.66. The number of carbonyl (C=O) groups is 1. The lowest BCUT2D eigenvalue weighted by Crippen LogP contribution is -2.52. The van der Waals surface area contributed by atoms with Crippen molar-refractivity contribution in [2.75, 3.05) is 19.6 Å². The summed E-state index contributed by atoms with van der Waals surface area (Å²) >= 11 is 0. The van der Waals surface area contributed by atoms with E-state index in [9.17, 15) is 18.0 Å². The third-order valence-corrected chi connectivity index (χ3v) is 5.30. The van der Waals surface area contributed by atoms with E-state index in [2.05, 4.69) is 10.6 Å². The van der Waals surface area contributed by atoms with E-state index < -0.39 is 17.2 Å². The number of carbonyl (C=O) groups excluding carboxylic acids is 1. The Balaban J connectivity index is 0.00000225. The van der Waals surface area contributed by atoms with Gasteiger partial charge in [-0.3, -0.25) is 4.79 Å². The molecule has 1 aromatic rings. The normalized spacial score (nSPS) is 20.3. The van der Waals surface area contributed by atoms with E-state index in [1.54, 1.807) is 6.07 Å². The van der Waals surface area contributed by atoms with Crippen molar-refractivity contribution in [3.63, 3.8) is 0 Å². The van der Waals surface area contributed by atoms with Crippen LogP contribution in [0.3, 0.4) is 0 Å². The minimum Gasteiger partial charge on any atom is -0.355 e. The van der Waals surface area contributed by atoms with Crippen molar-refractivity contribution in [2.45, 2.75) is 43.7 Å². The van der Waals surface area contributed by atoms with Crippen molar-refractivity contribution >= 4 is 18.3 Å². The maximum absolute atomic E-state index is 13.1. The number of hydrogen-bond donors (Lipinski definition) is 2. The quantitative estimate of drug-likeness (QED) is 0.842. The van der Waals surface area contributed by atoms with Gasteiger partial charge in [0.25, 0.3) is 0 Å². The molecular formula is C18H24ClF3N2O. The van der Waals surface area contributed by atoms with Crippen LogP contribution in [-0.4, -0.2) is 25.5 Å². The van der Waals surface area contributed by atoms with Gasteiger partial charge < -0.3 is 10.6 Å². The largest absolute Gasteiger partial charge is 0.416 e. The highest BCUT2D eigenvalue weighted by Gasteiger charge is 2.42. The van der Waals surface area contributed by atoms with E-state index in [1.165, 1.54) is 6.07 Å². The third-order valence-electron chi connectivity index (χ3n) is 5.30. The summed E-state index contributed by atoms with van der Waals surface area (Å²) in [5, 5.41) is 6.15. The highest BCUT2D eigenvalue weighted by atomic mass is 35.5. The maximum Gasteiger partial charge on any atom is 0.416 e. The van der Waals surface area contributed by atoms with Gasteiger partial charge >= 0.3 is 6.18 Å². The Bertz CT molecular complexity index is 596. The zero-order chi connectivity index (χ0) is 17.2. The van der Waals surface area contributed by atoms with E-state index in [4.69, 9.17) is 0 Å². The number of nitrogens with one attached hydrogen (secondary N) is 2. The molecule has 1 saturated heterocycles. The zero-order valence-corrected chi connectivity index (χ0v) is 14.8. The highest BCUT2D eigenvalue weighted by molar-refractivity contribution is 5.88. The van der Waals surface area contributed by atoms with Gasteiger partial charge in [0.2, 0.25) is 5.91 Å². The Morgan fingerprint density at radius 3 is 2.44 bits per heavy atom. The zero-order valence-electron chi connectivity index (χ0n) is 14.0. The molecule has 1 aliphatic heterocycles. The summed E-state index contributed by atoms with van der Waals surface area (Å²) in [7, 11) is 0. The predicted molar refractivity (Wildman–Crippen MR) is 92.8 cm³/mol. The molecule has 1 aromatic carbocycles. The average molecular weight is 377 g/mol. The van der Waals surface area contributed by atoms with Crippen molar-refractivity contribution in [2.24, 2.45) is 5.92 Å². The van der Waals surface area contributed by atoms with E-state index in [0.29, 0.717) is 30.9 Å². The van der Waals surface area contributed by atoms with Gasteiger partial charge in [0.15, 0.2) is 0 Å². The molecule has 0 bridgehead atoms. The average Bonchev–Trinajstić information content (AvgIpc) is 2.53. The van der Waals surface area contributed by atoms with Crippen LogP contribution in [0.15, 0.2) is 24.3 Å². The first-order chi connectivity index (χ1) is 11.4. The second-order valence-electron chi connectivity index (χ2n) is 6.96. The maximum atomic E-state index is 13.1. The summed E-state index contributed by atoms with van der Waals surface area (Å²) in [6.07, 6.45) is -0.393. The summed E-state index contributed by atoms with van der Waals surface area (Å²) in [6, 6.07) is 5.32. The lowest BCUT2D eigenvalue weighted by molar-refractivity contribution is -0.138. The van der Waals surface area contributed by atoms with Gasteiger partial charge in [-0.1, -0.05) is 37.5 Å². The Hall–Kier alpha value is -1.27. The van der Waals surface area contributed by atoms with Crippen LogP contribution in [0.25, 0.3) is 0 Å². The molecule has 140 valence electrons. The van der Waals surface area contributed by atoms with E-state index in [-0.39, 0.29) is 18.3 Å². The van der Waals surface area contributed by atoms with Crippen LogP contribution >= 0.6 is 12.4 Å². The molecule has 0 radical (unpaired) electrons. The fraction of sp³-hybridized carbons (Fsp3) is 0.611. The molecule has 2 fully saturated rings. The molecule has 3 rings (SSSR count). The van der Waals surface area contributed by atoms with Gasteiger partial charge in [-0.2, -0.15) is 13.2 Å². The molecule has 1 amide bonds. The molecule has 1 heterocycles. The summed E-state index contributed by atoms with van der Waals surface area (Å²) in [4.78, 5) is 12.9. The first-order valence-electron chi connectivity index (χ1n) is 8.58. The van der Waals surface area contributed by atoms with Crippen LogP contribution in [-0.2, 0) is 16.4 Å². The van der Waals surface area contributed by atoms with Crippen LogP contribution in [0.1, 0.15) is 43.2 Å². The number of alkyl halides is 3. The fourth-order valence-electron chi connectivity index (χ4n) is 3.69. The molecule has 25 heavy (non-hydrogen) atoms. The number of amides is 1. The second-order valence-corrected chi connectivity index (χ2v) is 6.96. The Kier molecular flexibility index (Phi) is 6.38. The Morgan fingerprint density at radius 1 is 1.20 bits per heavy atom. The van der Waals surface area contributed by atoms with Crippen molar-refractivity contribution in [1.29, 1.82) is 0 Å². The second kappa shape index (κ2) is 7.96. The summed E-state index contributed by atoms with van der Waals surface area (Å²) in [5.41, 5.74) is -1.00. The van der Waals surface area contributed by atoms with Gasteiger partial charge in [-0.15, -0.1) is 12.4 Å². The minimum absolute atomic E-state index is 0. The molecule has 0 aromatic heterocycles. The van der Waals surface area contributed by atoms with E-state index in [0.717, 1.165) is 44.5 Å². The minimum atomic E-state index is -4.39. The van der Waals surface area contributed by atoms with Crippen molar-refractivity contribution in [3.8, 4) is 0 Å². The molecule has 0 unspecified atom stereocenters. The molecule has 3 nitrogen and oxygen atoms in total. The first kappa shape index (κ1) is 20.0. The first-order valence-corrected chi connectivity index (χ1v) is 8.58. The molecule has 1 saturated carbocycles. The van der Waals surface area contributed by atoms with Crippen LogP contribution in [0.4, 0.5) is 13.2 Å². The highest BCUT2D eigenvalue weighted by Crippen LogP contribution is 2.41. The SMILES string of the molecule is Cl.O=C(NCC1CNC1)C1(c2cccc(C(F)(F)F)c2)CCCCC1. The van der Waals surface area contributed by atoms with Crippen molar-refractivity contribution < 1.29 is 18.0 Å². The lowest BCUT2D eigenvalue weighted by atomic mass is 9.68. The molecule has 2 aliphatic rings. The number of rotatable bonds is 4. The number of halogens is 4. The third kappa shape index (κ3) is 4.29. The smallest absolute Gasteiger partial charge is 0.355 e. The molecular weight excluding hydrogens is 353 g/mol. The standard InChI is InChI=1S/C18H23F3N2O.ClH/c19-18(20,21)15-6-4-5-14(9-15)17(7-2-1-3-8-17)16(24)23-12-13-10-22-11-13;/h4-6,9,13,22H,1-3,7-8,10-12H2,(H,23,24);1H. The fourth-order valence-corrected chi connectivity index (χ4v) is 3.69. The van der Waals surface area contributed by atoms with Crippen molar-refractivity contribution in [1.82, 2.24) is 10.6 Å². The van der Waals surface area contributed by atoms with Crippen LogP contribution in [0.5, 0.6) is 0 Å². The summed E-state index contributed by atoms with van der Waals surface area (Å²) in [5.74, 6) is 0.310. The summed E-state index contributed by atoms with van der Waals surface area (Å²) in [6.45, 7) is 2.36. The monoisotopic (exact) mass is 376 g/mol. The Morgan fingerprint density at radius 2 is 1.88 bits per heavy atom. The van der Waals surface area contributed by atoms with E-state index in [1.807, 2.05) is 0 Å². The van der Waals surface area contributed by atoms with Gasteiger partial charge in [0.05, 0.1) is 11.0 Å². The summed E-state index contributed by atoms with van der Waals surface area (Å²) < 4.78 is 39.2. The molecule has 7 heteroatoms. The molecule has 1 aliphatic carbocycles. The van der Waals surface area contributed by atoms with Crippen LogP contribution < -0.4 is 10.6 Å². The number of hydrogen-bond acceptors (Lipinski definition) is 2. The number of benzene rings is 1. The van der Waals surface area contributed by atoms with Gasteiger partial charge in [0.1, 0.15) is 0 Å². The topological polar surface area (TPSA) is 41.1 Å². The lowest BCUT2D eigenvalue weighted by Gasteiger charge is -2.38. The van der Waals surface area contributed by atoms with Crippen LogP contribution in [0, 0.1) is 5.92 Å². The molecule has 0 spiro atoms.